The lowest BCUT2D eigenvalue weighted by Crippen LogP contribution is -2.50. The summed E-state index contributed by atoms with van der Waals surface area (Å²) in [5.74, 6) is 0.0740. The van der Waals surface area contributed by atoms with E-state index in [2.05, 4.69) is 20.9 Å². The second-order valence-electron chi connectivity index (χ2n) is 6.37. The van der Waals surface area contributed by atoms with Gasteiger partial charge in [-0.2, -0.15) is 13.2 Å². The molecule has 0 spiro atoms. The molecule has 5 nitrogen and oxygen atoms in total. The highest BCUT2D eigenvalue weighted by atomic mass is 79.9. The Morgan fingerprint density at radius 2 is 1.76 bits per heavy atom. The lowest BCUT2D eigenvalue weighted by atomic mass is 10.2. The maximum atomic E-state index is 13.3. The van der Waals surface area contributed by atoms with Crippen LogP contribution in [0.25, 0.3) is 0 Å². The van der Waals surface area contributed by atoms with E-state index in [1.807, 2.05) is 9.80 Å². The smallest absolute Gasteiger partial charge is 0.354 e. The van der Waals surface area contributed by atoms with E-state index in [0.29, 0.717) is 37.2 Å². The van der Waals surface area contributed by atoms with Crippen LogP contribution in [0.2, 0.25) is 0 Å². The third-order valence-electron chi connectivity index (χ3n) is 4.63. The number of hydrogen-bond acceptors (Lipinski definition) is 4. The van der Waals surface area contributed by atoms with Crippen LogP contribution in [0.1, 0.15) is 18.4 Å². The lowest BCUT2D eigenvalue weighted by Gasteiger charge is -2.36. The number of hydrogen-bond donors (Lipinski definition) is 0. The number of amides is 1. The molecule has 25 heavy (non-hydrogen) atoms. The predicted octanol–water partition coefficient (Wildman–Crippen LogP) is 2.61. The average Bonchev–Trinajstić information content (AvgIpc) is 3.09. The summed E-state index contributed by atoms with van der Waals surface area (Å²) in [5, 5.41) is 0. The molecule has 1 aromatic rings. The number of anilines is 1. The minimum atomic E-state index is -4.45. The number of alkyl halides is 3. The van der Waals surface area contributed by atoms with E-state index < -0.39 is 11.7 Å². The molecule has 2 saturated heterocycles. The fourth-order valence-corrected chi connectivity index (χ4v) is 3.60. The highest BCUT2D eigenvalue weighted by Gasteiger charge is 2.37. The van der Waals surface area contributed by atoms with E-state index in [4.69, 9.17) is 0 Å². The van der Waals surface area contributed by atoms with Crippen molar-refractivity contribution in [1.82, 2.24) is 14.8 Å². The first-order chi connectivity index (χ1) is 11.8. The van der Waals surface area contributed by atoms with Gasteiger partial charge in [-0.3, -0.25) is 9.69 Å². The van der Waals surface area contributed by atoms with Crippen molar-refractivity contribution in [3.63, 3.8) is 0 Å². The lowest BCUT2D eigenvalue weighted by molar-refractivity contribution is -0.137. The van der Waals surface area contributed by atoms with Crippen molar-refractivity contribution < 1.29 is 18.0 Å². The minimum Gasteiger partial charge on any atom is -0.354 e. The highest BCUT2D eigenvalue weighted by Crippen LogP contribution is 2.37. The molecule has 2 fully saturated rings. The van der Waals surface area contributed by atoms with Crippen LogP contribution in [0.3, 0.4) is 0 Å². The van der Waals surface area contributed by atoms with Gasteiger partial charge in [0.1, 0.15) is 5.82 Å². The molecule has 138 valence electrons. The van der Waals surface area contributed by atoms with E-state index in [0.717, 1.165) is 32.0 Å². The van der Waals surface area contributed by atoms with Gasteiger partial charge in [0.15, 0.2) is 0 Å². The van der Waals surface area contributed by atoms with Gasteiger partial charge in [-0.25, -0.2) is 4.98 Å². The van der Waals surface area contributed by atoms with E-state index in [-0.39, 0.29) is 11.7 Å². The molecule has 3 rings (SSSR count). The topological polar surface area (TPSA) is 39.7 Å². The monoisotopic (exact) mass is 420 g/mol. The zero-order valence-corrected chi connectivity index (χ0v) is 15.3. The van der Waals surface area contributed by atoms with Crippen molar-refractivity contribution in [1.29, 1.82) is 0 Å². The van der Waals surface area contributed by atoms with Crippen molar-refractivity contribution in [2.24, 2.45) is 0 Å². The average molecular weight is 421 g/mol. The van der Waals surface area contributed by atoms with Gasteiger partial charge in [0.2, 0.25) is 5.91 Å². The molecule has 0 unspecified atom stereocenters. The molecule has 2 aliphatic rings. The van der Waals surface area contributed by atoms with Gasteiger partial charge in [-0.15, -0.1) is 0 Å². The van der Waals surface area contributed by atoms with Crippen LogP contribution in [0.15, 0.2) is 16.7 Å². The number of rotatable bonds is 3. The Kier molecular flexibility index (Phi) is 5.52. The van der Waals surface area contributed by atoms with Crippen LogP contribution in [0.4, 0.5) is 19.0 Å². The van der Waals surface area contributed by atoms with Gasteiger partial charge >= 0.3 is 6.18 Å². The zero-order chi connectivity index (χ0) is 18.0. The Morgan fingerprint density at radius 3 is 2.36 bits per heavy atom. The minimum absolute atomic E-state index is 0.0405. The highest BCUT2D eigenvalue weighted by molar-refractivity contribution is 9.10. The molecule has 0 bridgehead atoms. The molecular formula is C16H20BrF3N4O. The summed E-state index contributed by atoms with van der Waals surface area (Å²) < 4.78 is 40.1. The van der Waals surface area contributed by atoms with E-state index in [1.165, 1.54) is 6.20 Å². The van der Waals surface area contributed by atoms with Crippen molar-refractivity contribution in [2.75, 3.05) is 50.7 Å². The summed E-state index contributed by atoms with van der Waals surface area (Å²) >= 11 is 3.05. The van der Waals surface area contributed by atoms with E-state index in [9.17, 15) is 18.0 Å². The summed E-state index contributed by atoms with van der Waals surface area (Å²) in [5.41, 5.74) is -0.733. The predicted molar refractivity (Wildman–Crippen MR) is 91.4 cm³/mol. The van der Waals surface area contributed by atoms with Crippen LogP contribution in [-0.2, 0) is 11.0 Å². The van der Waals surface area contributed by atoms with Gasteiger partial charge < -0.3 is 9.80 Å². The third-order valence-corrected chi connectivity index (χ3v) is 5.06. The summed E-state index contributed by atoms with van der Waals surface area (Å²) in [6.07, 6.45) is -0.966. The Labute approximate surface area is 152 Å². The largest absolute Gasteiger partial charge is 0.419 e. The fourth-order valence-electron chi connectivity index (χ4n) is 3.27. The first-order valence-electron chi connectivity index (χ1n) is 8.32. The number of piperazine rings is 1. The first-order valence-corrected chi connectivity index (χ1v) is 9.12. The fraction of sp³-hybridized carbons (Fsp3) is 0.625. The first kappa shape index (κ1) is 18.4. The van der Waals surface area contributed by atoms with Crippen molar-refractivity contribution in [3.05, 3.63) is 22.3 Å². The number of aromatic nitrogens is 1. The molecule has 0 aromatic carbocycles. The molecule has 0 saturated carbocycles. The second-order valence-corrected chi connectivity index (χ2v) is 7.29. The summed E-state index contributed by atoms with van der Waals surface area (Å²) in [6, 6.07) is 1.06. The molecule has 0 aliphatic carbocycles. The maximum Gasteiger partial charge on any atom is 0.419 e. The molecule has 0 radical (unpaired) electrons. The summed E-state index contributed by atoms with van der Waals surface area (Å²) in [6.45, 7) is 3.92. The van der Waals surface area contributed by atoms with Crippen molar-refractivity contribution >= 4 is 27.7 Å². The molecule has 2 aliphatic heterocycles. The van der Waals surface area contributed by atoms with Crippen molar-refractivity contribution in [3.8, 4) is 0 Å². The number of halogens is 4. The number of nitrogens with zero attached hydrogens (tertiary/aromatic N) is 4. The van der Waals surface area contributed by atoms with Crippen LogP contribution in [-0.4, -0.2) is 66.5 Å². The Bertz CT molecular complexity index is 626. The Hall–Kier alpha value is -1.35. The van der Waals surface area contributed by atoms with Crippen LogP contribution in [0.5, 0.6) is 0 Å². The normalized spacial score (nSPS) is 19.5. The third kappa shape index (κ3) is 4.44. The number of likely N-dealkylation sites (tertiary alicyclic amines) is 1. The molecule has 0 N–H and O–H groups in total. The number of carbonyl (C=O) groups is 1. The molecule has 9 heteroatoms. The SMILES string of the molecule is O=C(CN1CCN(c2ncc(Br)cc2C(F)(F)F)CC1)N1CCCC1. The summed E-state index contributed by atoms with van der Waals surface area (Å²) in [4.78, 5) is 21.7. The quantitative estimate of drug-likeness (QED) is 0.753. The van der Waals surface area contributed by atoms with E-state index in [1.54, 1.807) is 4.90 Å². The second kappa shape index (κ2) is 7.49. The van der Waals surface area contributed by atoms with Gasteiger partial charge in [-0.1, -0.05) is 0 Å². The molecule has 1 aromatic heterocycles. The van der Waals surface area contributed by atoms with Crippen LogP contribution in [0, 0.1) is 0 Å². The molecule has 0 atom stereocenters. The van der Waals surface area contributed by atoms with Gasteiger partial charge in [0, 0.05) is 49.9 Å². The zero-order valence-electron chi connectivity index (χ0n) is 13.7. The van der Waals surface area contributed by atoms with Gasteiger partial charge in [0.05, 0.1) is 12.1 Å². The molecule has 3 heterocycles. The Balaban J connectivity index is 1.62. The summed E-state index contributed by atoms with van der Waals surface area (Å²) in [7, 11) is 0. The number of carbonyl (C=O) groups excluding carboxylic acids is 1. The van der Waals surface area contributed by atoms with Crippen molar-refractivity contribution in [2.45, 2.75) is 19.0 Å². The number of pyridine rings is 1. The standard InChI is InChI=1S/C16H20BrF3N4O/c17-12-9-13(16(18,19)20)15(21-10-12)24-7-5-22(6-8-24)11-14(25)23-3-1-2-4-23/h9-10H,1-8,11H2. The molecular weight excluding hydrogens is 401 g/mol. The van der Waals surface area contributed by atoms with Crippen LogP contribution < -0.4 is 4.90 Å². The van der Waals surface area contributed by atoms with Crippen LogP contribution >= 0.6 is 15.9 Å². The molecule has 1 amide bonds. The van der Waals surface area contributed by atoms with E-state index >= 15 is 0 Å². The Morgan fingerprint density at radius 1 is 1.12 bits per heavy atom. The van der Waals surface area contributed by atoms with Gasteiger partial charge in [0.25, 0.3) is 0 Å². The maximum absolute atomic E-state index is 13.3. The van der Waals surface area contributed by atoms with Gasteiger partial charge in [-0.05, 0) is 34.8 Å².